The van der Waals surface area contributed by atoms with Crippen molar-refractivity contribution in [3.05, 3.63) is 54.1 Å². The number of amides is 1. The molecule has 1 saturated heterocycles. The molecule has 24 heavy (non-hydrogen) atoms. The van der Waals surface area contributed by atoms with Crippen molar-refractivity contribution in [2.75, 3.05) is 20.2 Å². The number of hydrogen-bond acceptors (Lipinski definition) is 4. The molecule has 0 saturated carbocycles. The van der Waals surface area contributed by atoms with Crippen LogP contribution in [0.2, 0.25) is 0 Å². The van der Waals surface area contributed by atoms with Crippen molar-refractivity contribution < 1.29 is 14.6 Å². The highest BCUT2D eigenvalue weighted by Crippen LogP contribution is 2.25. The van der Waals surface area contributed by atoms with Crippen molar-refractivity contribution in [1.29, 1.82) is 0 Å². The lowest BCUT2D eigenvalue weighted by molar-refractivity contribution is 0.0395. The van der Waals surface area contributed by atoms with E-state index in [-0.39, 0.29) is 18.5 Å². The van der Waals surface area contributed by atoms with Gasteiger partial charge in [0.1, 0.15) is 5.75 Å². The van der Waals surface area contributed by atoms with Crippen molar-refractivity contribution in [3.8, 4) is 16.9 Å². The van der Waals surface area contributed by atoms with Crippen LogP contribution in [0.3, 0.4) is 0 Å². The largest absolute Gasteiger partial charge is 0.497 e. The average molecular weight is 326 g/mol. The number of methoxy groups -OCH3 is 1. The maximum atomic E-state index is 12.7. The van der Waals surface area contributed by atoms with Crippen LogP contribution in [0, 0.1) is 0 Å². The number of aliphatic hydroxyl groups excluding tert-OH is 1. The molecular formula is C19H22N2O3. The van der Waals surface area contributed by atoms with Crippen molar-refractivity contribution >= 4 is 5.91 Å². The molecule has 2 atom stereocenters. The summed E-state index contributed by atoms with van der Waals surface area (Å²) in [5, 5.41) is 9.90. The summed E-state index contributed by atoms with van der Waals surface area (Å²) >= 11 is 0. The maximum absolute atomic E-state index is 12.7. The summed E-state index contributed by atoms with van der Waals surface area (Å²) in [6, 6.07) is 15.0. The highest BCUT2D eigenvalue weighted by Gasteiger charge is 2.28. The topological polar surface area (TPSA) is 75.8 Å². The fourth-order valence-corrected chi connectivity index (χ4v) is 2.95. The van der Waals surface area contributed by atoms with Gasteiger partial charge in [0.05, 0.1) is 13.2 Å². The van der Waals surface area contributed by atoms with Gasteiger partial charge >= 0.3 is 0 Å². The van der Waals surface area contributed by atoms with E-state index in [0.29, 0.717) is 18.5 Å². The molecule has 3 rings (SSSR count). The van der Waals surface area contributed by atoms with Crippen LogP contribution in [-0.4, -0.2) is 48.3 Å². The summed E-state index contributed by atoms with van der Waals surface area (Å²) in [6.45, 7) is 0.851. The Hall–Kier alpha value is -2.37. The highest BCUT2D eigenvalue weighted by molar-refractivity contribution is 5.95. The van der Waals surface area contributed by atoms with Gasteiger partial charge in [0.25, 0.3) is 5.91 Å². The molecule has 1 aliphatic heterocycles. The van der Waals surface area contributed by atoms with Crippen LogP contribution >= 0.6 is 0 Å². The van der Waals surface area contributed by atoms with Crippen molar-refractivity contribution in [3.63, 3.8) is 0 Å². The van der Waals surface area contributed by atoms with Crippen molar-refractivity contribution in [2.45, 2.75) is 18.6 Å². The van der Waals surface area contributed by atoms with Crippen LogP contribution in [0.4, 0.5) is 0 Å². The fourth-order valence-electron chi connectivity index (χ4n) is 2.95. The van der Waals surface area contributed by atoms with E-state index in [1.807, 2.05) is 42.5 Å². The summed E-state index contributed by atoms with van der Waals surface area (Å²) in [7, 11) is 1.63. The third kappa shape index (κ3) is 3.42. The number of nitrogens with zero attached hydrogens (tertiary/aromatic N) is 1. The number of aliphatic hydroxyl groups is 1. The minimum absolute atomic E-state index is 0.0781. The number of likely N-dealkylation sites (tertiary alicyclic amines) is 1. The van der Waals surface area contributed by atoms with Crippen molar-refractivity contribution in [1.82, 2.24) is 4.90 Å². The summed E-state index contributed by atoms with van der Waals surface area (Å²) in [6.07, 6.45) is -0.0491. The van der Waals surface area contributed by atoms with Gasteiger partial charge in [-0.2, -0.15) is 0 Å². The molecule has 1 fully saturated rings. The molecule has 0 radical (unpaired) electrons. The summed E-state index contributed by atoms with van der Waals surface area (Å²) in [5.74, 6) is 0.697. The van der Waals surface area contributed by atoms with Crippen LogP contribution in [0.15, 0.2) is 48.5 Å². The van der Waals surface area contributed by atoms with E-state index in [2.05, 4.69) is 0 Å². The molecule has 5 nitrogen and oxygen atoms in total. The summed E-state index contributed by atoms with van der Waals surface area (Å²) < 4.78 is 5.26. The molecule has 0 aromatic heterocycles. The van der Waals surface area contributed by atoms with Gasteiger partial charge in [0.2, 0.25) is 0 Å². The zero-order valence-electron chi connectivity index (χ0n) is 13.7. The predicted octanol–water partition coefficient (Wildman–Crippen LogP) is 1.90. The molecule has 0 spiro atoms. The Kier molecular flexibility index (Phi) is 4.83. The predicted molar refractivity (Wildman–Crippen MR) is 92.9 cm³/mol. The zero-order chi connectivity index (χ0) is 17.1. The van der Waals surface area contributed by atoms with Crippen LogP contribution in [0.1, 0.15) is 16.8 Å². The number of carbonyl (C=O) groups excluding carboxylic acids is 1. The van der Waals surface area contributed by atoms with E-state index in [9.17, 15) is 9.90 Å². The Morgan fingerprint density at radius 2 is 1.92 bits per heavy atom. The minimum Gasteiger partial charge on any atom is -0.497 e. The van der Waals surface area contributed by atoms with Gasteiger partial charge in [-0.05, 0) is 41.8 Å². The first-order chi connectivity index (χ1) is 11.6. The zero-order valence-corrected chi connectivity index (χ0v) is 13.7. The molecule has 0 aliphatic carbocycles. The van der Waals surface area contributed by atoms with E-state index in [0.717, 1.165) is 16.9 Å². The Morgan fingerprint density at radius 1 is 1.21 bits per heavy atom. The molecule has 0 bridgehead atoms. The fraction of sp³-hybridized carbons (Fsp3) is 0.316. The lowest BCUT2D eigenvalue weighted by atomic mass is 10.00. The van der Waals surface area contributed by atoms with E-state index in [4.69, 9.17) is 10.5 Å². The molecule has 2 aromatic carbocycles. The van der Waals surface area contributed by atoms with Crippen molar-refractivity contribution in [2.24, 2.45) is 5.73 Å². The summed E-state index contributed by atoms with van der Waals surface area (Å²) in [5.41, 5.74) is 8.36. The number of carbonyl (C=O) groups is 1. The Balaban J connectivity index is 1.83. The standard InChI is InChI=1S/C19H22N2O3/c1-24-16-7-3-5-14(11-16)13-4-2-6-15(10-13)19(23)21-9-8-17(20)18(22)12-21/h2-7,10-11,17-18,22H,8-9,12,20H2,1H3/t17-,18-/m1/s1. The second-order valence-corrected chi connectivity index (χ2v) is 6.08. The molecule has 2 aromatic rings. The molecule has 1 amide bonds. The van der Waals surface area contributed by atoms with Crippen LogP contribution < -0.4 is 10.5 Å². The van der Waals surface area contributed by atoms with Crippen LogP contribution in [0.5, 0.6) is 5.75 Å². The first-order valence-electron chi connectivity index (χ1n) is 8.06. The van der Waals surface area contributed by atoms with E-state index in [1.54, 1.807) is 18.1 Å². The number of piperidine rings is 1. The number of nitrogens with two attached hydrogens (primary N) is 1. The third-order valence-corrected chi connectivity index (χ3v) is 4.43. The van der Waals surface area contributed by atoms with Crippen LogP contribution in [-0.2, 0) is 0 Å². The Labute approximate surface area is 141 Å². The van der Waals surface area contributed by atoms with E-state index in [1.165, 1.54) is 0 Å². The number of β-amino-alcohol motifs (C(OH)–C–C–N with tert-alkyl or cyclic N) is 1. The molecular weight excluding hydrogens is 304 g/mol. The number of hydrogen-bond donors (Lipinski definition) is 2. The van der Waals surface area contributed by atoms with Gasteiger partial charge in [-0.3, -0.25) is 4.79 Å². The van der Waals surface area contributed by atoms with Gasteiger partial charge in [-0.15, -0.1) is 0 Å². The second-order valence-electron chi connectivity index (χ2n) is 6.08. The Bertz CT molecular complexity index is 732. The molecule has 0 unspecified atom stereocenters. The number of ether oxygens (including phenoxy) is 1. The maximum Gasteiger partial charge on any atom is 0.253 e. The lowest BCUT2D eigenvalue weighted by Crippen LogP contribution is -2.52. The molecule has 1 aliphatic rings. The van der Waals surface area contributed by atoms with Crippen LogP contribution in [0.25, 0.3) is 11.1 Å². The first-order valence-corrected chi connectivity index (χ1v) is 8.06. The molecule has 126 valence electrons. The molecule has 3 N–H and O–H groups in total. The number of benzene rings is 2. The van der Waals surface area contributed by atoms with Gasteiger partial charge in [0, 0.05) is 24.7 Å². The SMILES string of the molecule is COc1cccc(-c2cccc(C(=O)N3CC[C@@H](N)[C@H](O)C3)c2)c1. The van der Waals surface area contributed by atoms with E-state index >= 15 is 0 Å². The third-order valence-electron chi connectivity index (χ3n) is 4.43. The first kappa shape index (κ1) is 16.5. The monoisotopic (exact) mass is 326 g/mol. The molecule has 5 heteroatoms. The van der Waals surface area contributed by atoms with Gasteiger partial charge in [0.15, 0.2) is 0 Å². The smallest absolute Gasteiger partial charge is 0.253 e. The number of rotatable bonds is 3. The quantitative estimate of drug-likeness (QED) is 0.903. The van der Waals surface area contributed by atoms with Gasteiger partial charge in [-0.1, -0.05) is 24.3 Å². The normalized spacial score (nSPS) is 20.7. The second kappa shape index (κ2) is 7.03. The van der Waals surface area contributed by atoms with Gasteiger partial charge in [-0.25, -0.2) is 0 Å². The molecule has 1 heterocycles. The van der Waals surface area contributed by atoms with E-state index < -0.39 is 6.10 Å². The summed E-state index contributed by atoms with van der Waals surface area (Å²) in [4.78, 5) is 14.4. The highest BCUT2D eigenvalue weighted by atomic mass is 16.5. The lowest BCUT2D eigenvalue weighted by Gasteiger charge is -2.34. The minimum atomic E-state index is -0.663. The average Bonchev–Trinajstić information content (AvgIpc) is 2.63. The Morgan fingerprint density at radius 3 is 2.62 bits per heavy atom. The van der Waals surface area contributed by atoms with Gasteiger partial charge < -0.3 is 20.5 Å².